The molecule has 0 radical (unpaired) electrons. The van der Waals surface area contributed by atoms with E-state index in [2.05, 4.69) is 10.6 Å². The average Bonchev–Trinajstić information content (AvgIpc) is 1.86. The third kappa shape index (κ3) is 6.65. The summed E-state index contributed by atoms with van der Waals surface area (Å²) in [6, 6.07) is 1.86. The van der Waals surface area contributed by atoms with Gasteiger partial charge in [-0.15, -0.1) is 0 Å². The van der Waals surface area contributed by atoms with E-state index in [0.29, 0.717) is 13.0 Å². The van der Waals surface area contributed by atoms with E-state index in [-0.39, 0.29) is 12.1 Å². The summed E-state index contributed by atoms with van der Waals surface area (Å²) in [7, 11) is 0. The van der Waals surface area contributed by atoms with Gasteiger partial charge in [0.1, 0.15) is 0 Å². The van der Waals surface area contributed by atoms with Crippen LogP contribution in [0, 0.1) is 11.3 Å². The molecular formula is C7H13N3O. The lowest BCUT2D eigenvalue weighted by Crippen LogP contribution is -2.39. The molecule has 0 unspecified atom stereocenters. The molecule has 0 aromatic heterocycles. The van der Waals surface area contributed by atoms with Crippen molar-refractivity contribution in [3.63, 3.8) is 0 Å². The predicted molar refractivity (Wildman–Crippen MR) is 41.9 cm³/mol. The molecule has 4 nitrogen and oxygen atoms in total. The quantitative estimate of drug-likeness (QED) is 0.586. The highest BCUT2D eigenvalue weighted by Crippen LogP contribution is 1.76. The van der Waals surface area contributed by atoms with Crippen molar-refractivity contribution in [2.24, 2.45) is 0 Å². The Hall–Kier alpha value is -1.24. The second kappa shape index (κ2) is 5.54. The molecule has 0 spiro atoms. The molecule has 0 aromatic rings. The van der Waals surface area contributed by atoms with E-state index in [1.54, 1.807) is 0 Å². The molecule has 0 aromatic carbocycles. The van der Waals surface area contributed by atoms with E-state index < -0.39 is 0 Å². The fraction of sp³-hybridized carbons (Fsp3) is 0.714. The number of urea groups is 1. The van der Waals surface area contributed by atoms with Crippen LogP contribution >= 0.6 is 0 Å². The molecule has 0 saturated carbocycles. The highest BCUT2D eigenvalue weighted by Gasteiger charge is 1.99. The van der Waals surface area contributed by atoms with Gasteiger partial charge in [0.25, 0.3) is 0 Å². The summed E-state index contributed by atoms with van der Waals surface area (Å²) in [4.78, 5) is 10.8. The van der Waals surface area contributed by atoms with Crippen molar-refractivity contribution in [3.05, 3.63) is 0 Å². The number of nitrogens with zero attached hydrogens (tertiary/aromatic N) is 1. The molecule has 0 rings (SSSR count). The number of nitrogens with one attached hydrogen (secondary N) is 2. The zero-order chi connectivity index (χ0) is 8.69. The maximum absolute atomic E-state index is 10.8. The molecule has 62 valence electrons. The summed E-state index contributed by atoms with van der Waals surface area (Å²) in [6.07, 6.45) is 0.353. The molecular weight excluding hydrogens is 142 g/mol. The molecule has 2 N–H and O–H groups in total. The molecule has 11 heavy (non-hydrogen) atoms. The minimum absolute atomic E-state index is 0.136. The van der Waals surface area contributed by atoms with Crippen molar-refractivity contribution >= 4 is 6.03 Å². The molecule has 2 amide bonds. The predicted octanol–water partition coefficient (Wildman–Crippen LogP) is 0.608. The summed E-state index contributed by atoms with van der Waals surface area (Å²) in [6.45, 7) is 4.17. The van der Waals surface area contributed by atoms with Gasteiger partial charge in [0, 0.05) is 12.6 Å². The largest absolute Gasteiger partial charge is 0.337 e. The van der Waals surface area contributed by atoms with Crippen LogP contribution in [0.1, 0.15) is 20.3 Å². The topological polar surface area (TPSA) is 64.9 Å². The van der Waals surface area contributed by atoms with Crippen LogP contribution in [0.5, 0.6) is 0 Å². The summed E-state index contributed by atoms with van der Waals surface area (Å²) < 4.78 is 0. The van der Waals surface area contributed by atoms with E-state index in [0.717, 1.165) is 0 Å². The summed E-state index contributed by atoms with van der Waals surface area (Å²) in [5, 5.41) is 13.3. The molecule has 0 fully saturated rings. The Morgan fingerprint density at radius 3 is 2.73 bits per heavy atom. The Kier molecular flexibility index (Phi) is 4.91. The van der Waals surface area contributed by atoms with E-state index in [4.69, 9.17) is 5.26 Å². The maximum atomic E-state index is 10.8. The molecule has 4 heteroatoms. The fourth-order valence-electron chi connectivity index (χ4n) is 0.545. The first-order valence-corrected chi connectivity index (χ1v) is 3.58. The van der Waals surface area contributed by atoms with Crippen molar-refractivity contribution in [1.29, 1.82) is 5.26 Å². The summed E-state index contributed by atoms with van der Waals surface area (Å²) >= 11 is 0. The Balaban J connectivity index is 3.32. The van der Waals surface area contributed by atoms with Gasteiger partial charge in [-0.25, -0.2) is 4.79 Å². The Bertz CT molecular complexity index is 160. The molecule has 0 bridgehead atoms. The first-order valence-electron chi connectivity index (χ1n) is 3.58. The highest BCUT2D eigenvalue weighted by atomic mass is 16.2. The van der Waals surface area contributed by atoms with Gasteiger partial charge in [-0.05, 0) is 13.8 Å². The Labute approximate surface area is 66.6 Å². The number of amides is 2. The molecule has 0 aliphatic rings. The van der Waals surface area contributed by atoms with Crippen molar-refractivity contribution in [3.8, 4) is 6.07 Å². The molecule has 0 aliphatic carbocycles. The van der Waals surface area contributed by atoms with Gasteiger partial charge in [0.05, 0.1) is 12.5 Å². The second-order valence-corrected chi connectivity index (χ2v) is 2.46. The van der Waals surface area contributed by atoms with Gasteiger partial charge < -0.3 is 10.6 Å². The van der Waals surface area contributed by atoms with Gasteiger partial charge in [-0.1, -0.05) is 0 Å². The zero-order valence-electron chi connectivity index (χ0n) is 6.85. The highest BCUT2D eigenvalue weighted by molar-refractivity contribution is 5.74. The van der Waals surface area contributed by atoms with Crippen LogP contribution in [-0.4, -0.2) is 18.6 Å². The average molecular weight is 155 g/mol. The fourth-order valence-corrected chi connectivity index (χ4v) is 0.545. The van der Waals surface area contributed by atoms with E-state index >= 15 is 0 Å². The van der Waals surface area contributed by atoms with Crippen LogP contribution in [-0.2, 0) is 0 Å². The lowest BCUT2D eigenvalue weighted by atomic mass is 10.4. The van der Waals surface area contributed by atoms with Crippen LogP contribution < -0.4 is 10.6 Å². The first-order chi connectivity index (χ1) is 5.16. The second-order valence-electron chi connectivity index (χ2n) is 2.46. The SMILES string of the molecule is CC(C)NC(=O)NCCC#N. The lowest BCUT2D eigenvalue weighted by Gasteiger charge is -2.08. The van der Waals surface area contributed by atoms with Gasteiger partial charge in [-0.3, -0.25) is 0 Å². The smallest absolute Gasteiger partial charge is 0.315 e. The summed E-state index contributed by atoms with van der Waals surface area (Å²) in [5.41, 5.74) is 0. The molecule has 0 heterocycles. The zero-order valence-corrected chi connectivity index (χ0v) is 6.85. The maximum Gasteiger partial charge on any atom is 0.315 e. The number of hydrogen-bond acceptors (Lipinski definition) is 2. The van der Waals surface area contributed by atoms with Crippen LogP contribution in [0.25, 0.3) is 0 Å². The van der Waals surface area contributed by atoms with Crippen molar-refractivity contribution in [2.75, 3.05) is 6.54 Å². The van der Waals surface area contributed by atoms with Crippen molar-refractivity contribution in [1.82, 2.24) is 10.6 Å². The van der Waals surface area contributed by atoms with Crippen LogP contribution in [0.4, 0.5) is 4.79 Å². The van der Waals surface area contributed by atoms with E-state index in [1.807, 2.05) is 19.9 Å². The number of rotatable bonds is 3. The van der Waals surface area contributed by atoms with Gasteiger partial charge >= 0.3 is 6.03 Å². The lowest BCUT2D eigenvalue weighted by molar-refractivity contribution is 0.239. The monoisotopic (exact) mass is 155 g/mol. The summed E-state index contributed by atoms with van der Waals surface area (Å²) in [5.74, 6) is 0. The van der Waals surface area contributed by atoms with Crippen LogP contribution in [0.15, 0.2) is 0 Å². The third-order valence-corrected chi connectivity index (χ3v) is 0.942. The minimum atomic E-state index is -0.213. The van der Waals surface area contributed by atoms with E-state index in [1.165, 1.54) is 0 Å². The Morgan fingerprint density at radius 2 is 2.27 bits per heavy atom. The van der Waals surface area contributed by atoms with Crippen molar-refractivity contribution < 1.29 is 4.79 Å². The third-order valence-electron chi connectivity index (χ3n) is 0.942. The van der Waals surface area contributed by atoms with Crippen LogP contribution in [0.2, 0.25) is 0 Å². The molecule has 0 atom stereocenters. The van der Waals surface area contributed by atoms with Crippen LogP contribution in [0.3, 0.4) is 0 Å². The minimum Gasteiger partial charge on any atom is -0.337 e. The number of hydrogen-bond donors (Lipinski definition) is 2. The first kappa shape index (κ1) is 9.76. The number of nitriles is 1. The molecule has 0 aliphatic heterocycles. The van der Waals surface area contributed by atoms with Gasteiger partial charge in [-0.2, -0.15) is 5.26 Å². The molecule has 0 saturated heterocycles. The number of carbonyl (C=O) groups excluding carboxylic acids is 1. The van der Waals surface area contributed by atoms with Gasteiger partial charge in [0.2, 0.25) is 0 Å². The van der Waals surface area contributed by atoms with Gasteiger partial charge in [0.15, 0.2) is 0 Å². The standard InChI is InChI=1S/C7H13N3O/c1-6(2)10-7(11)9-5-3-4-8/h6H,3,5H2,1-2H3,(H2,9,10,11). The van der Waals surface area contributed by atoms with Crippen molar-refractivity contribution in [2.45, 2.75) is 26.3 Å². The van der Waals surface area contributed by atoms with E-state index in [9.17, 15) is 4.79 Å². The Morgan fingerprint density at radius 1 is 1.64 bits per heavy atom. The number of carbonyl (C=O) groups is 1. The normalized spacial score (nSPS) is 8.91.